The topological polar surface area (TPSA) is 78.0 Å². The molecule has 0 bridgehead atoms. The summed E-state index contributed by atoms with van der Waals surface area (Å²) in [5.41, 5.74) is 5.66. The van der Waals surface area contributed by atoms with Crippen LogP contribution in [0.4, 0.5) is 0 Å². The zero-order valence-corrected chi connectivity index (χ0v) is 10.7. The maximum atomic E-state index is 11.3. The van der Waals surface area contributed by atoms with Gasteiger partial charge in [0.05, 0.1) is 12.2 Å². The second-order valence-electron chi connectivity index (χ2n) is 4.45. The third-order valence-corrected chi connectivity index (χ3v) is 3.46. The fourth-order valence-corrected chi connectivity index (χ4v) is 2.11. The minimum absolute atomic E-state index is 0.0653. The van der Waals surface area contributed by atoms with E-state index in [4.69, 9.17) is 5.73 Å². The highest BCUT2D eigenvalue weighted by Gasteiger charge is 2.15. The van der Waals surface area contributed by atoms with Crippen molar-refractivity contribution in [1.29, 1.82) is 0 Å². The molecule has 0 fully saturated rings. The number of sulfone groups is 1. The van der Waals surface area contributed by atoms with E-state index in [1.54, 1.807) is 10.9 Å². The largest absolute Gasteiger partial charge is 0.328 e. The highest BCUT2D eigenvalue weighted by atomic mass is 32.2. The number of nitrogens with two attached hydrogens (primary N) is 1. The Hall–Kier alpha value is -0.880. The lowest BCUT2D eigenvalue weighted by molar-refractivity contribution is 0.378. The van der Waals surface area contributed by atoms with Crippen molar-refractivity contribution in [3.8, 4) is 0 Å². The van der Waals surface area contributed by atoms with Gasteiger partial charge in [0.1, 0.15) is 4.90 Å². The predicted molar refractivity (Wildman–Crippen MR) is 62.9 cm³/mol. The van der Waals surface area contributed by atoms with Crippen LogP contribution in [-0.4, -0.2) is 31.0 Å². The molecule has 0 aliphatic carbocycles. The quantitative estimate of drug-likeness (QED) is 0.833. The molecule has 0 spiro atoms. The first-order chi connectivity index (χ1) is 7.34. The van der Waals surface area contributed by atoms with Crippen LogP contribution in [0.5, 0.6) is 0 Å². The molecule has 6 heteroatoms. The molecule has 16 heavy (non-hydrogen) atoms. The molecular formula is C10H19N3O2S. The SMILES string of the molecule is CC(C)CC(CN)n1cc(S(C)(=O)=O)cn1. The van der Waals surface area contributed by atoms with Gasteiger partial charge in [-0.2, -0.15) is 5.10 Å². The van der Waals surface area contributed by atoms with Crippen LogP contribution >= 0.6 is 0 Å². The van der Waals surface area contributed by atoms with Crippen molar-refractivity contribution < 1.29 is 8.42 Å². The van der Waals surface area contributed by atoms with Crippen LogP contribution < -0.4 is 5.73 Å². The molecule has 0 aromatic carbocycles. The molecule has 0 aliphatic heterocycles. The number of hydrogen-bond donors (Lipinski definition) is 1. The summed E-state index contributed by atoms with van der Waals surface area (Å²) >= 11 is 0. The lowest BCUT2D eigenvalue weighted by Crippen LogP contribution is -2.21. The Bertz CT molecular complexity index is 437. The van der Waals surface area contributed by atoms with Gasteiger partial charge in [0.15, 0.2) is 9.84 Å². The summed E-state index contributed by atoms with van der Waals surface area (Å²) < 4.78 is 24.2. The maximum absolute atomic E-state index is 11.3. The number of nitrogens with zero attached hydrogens (tertiary/aromatic N) is 2. The molecule has 0 amide bonds. The number of hydrogen-bond acceptors (Lipinski definition) is 4. The summed E-state index contributed by atoms with van der Waals surface area (Å²) in [5, 5.41) is 4.06. The molecule has 0 radical (unpaired) electrons. The molecule has 0 saturated carbocycles. The van der Waals surface area contributed by atoms with E-state index in [-0.39, 0.29) is 10.9 Å². The number of rotatable bonds is 5. The van der Waals surface area contributed by atoms with Gasteiger partial charge < -0.3 is 5.73 Å². The van der Waals surface area contributed by atoms with E-state index in [0.29, 0.717) is 12.5 Å². The first-order valence-electron chi connectivity index (χ1n) is 5.29. The average Bonchev–Trinajstić information content (AvgIpc) is 2.61. The molecular weight excluding hydrogens is 226 g/mol. The first-order valence-corrected chi connectivity index (χ1v) is 7.18. The smallest absolute Gasteiger partial charge is 0.178 e. The second kappa shape index (κ2) is 4.97. The van der Waals surface area contributed by atoms with Gasteiger partial charge >= 0.3 is 0 Å². The second-order valence-corrected chi connectivity index (χ2v) is 6.46. The standard InChI is InChI=1S/C10H19N3O2S/c1-8(2)4-9(5-11)13-7-10(6-12-13)16(3,14)15/h6-9H,4-5,11H2,1-3H3. The lowest BCUT2D eigenvalue weighted by atomic mass is 10.0. The minimum atomic E-state index is -3.18. The average molecular weight is 245 g/mol. The Kier molecular flexibility index (Phi) is 4.09. The van der Waals surface area contributed by atoms with Gasteiger partial charge in [-0.1, -0.05) is 13.8 Å². The molecule has 2 N–H and O–H groups in total. The van der Waals surface area contributed by atoms with Crippen molar-refractivity contribution in [3.05, 3.63) is 12.4 Å². The third-order valence-electron chi connectivity index (χ3n) is 2.40. The lowest BCUT2D eigenvalue weighted by Gasteiger charge is -2.17. The van der Waals surface area contributed by atoms with Crippen molar-refractivity contribution in [1.82, 2.24) is 9.78 Å². The predicted octanol–water partition coefficient (Wildman–Crippen LogP) is 0.833. The molecule has 5 nitrogen and oxygen atoms in total. The van der Waals surface area contributed by atoms with Crippen molar-refractivity contribution >= 4 is 9.84 Å². The highest BCUT2D eigenvalue weighted by Crippen LogP contribution is 2.17. The molecule has 1 heterocycles. The van der Waals surface area contributed by atoms with E-state index in [1.807, 2.05) is 0 Å². The maximum Gasteiger partial charge on any atom is 0.178 e. The summed E-state index contributed by atoms with van der Waals surface area (Å²) in [5.74, 6) is 0.499. The van der Waals surface area contributed by atoms with Crippen molar-refractivity contribution in [3.63, 3.8) is 0 Å². The third kappa shape index (κ3) is 3.31. The minimum Gasteiger partial charge on any atom is -0.328 e. The Labute approximate surface area is 96.6 Å². The van der Waals surface area contributed by atoms with Gasteiger partial charge in [0, 0.05) is 19.0 Å². The summed E-state index contributed by atoms with van der Waals surface area (Å²) in [6.07, 6.45) is 4.99. The molecule has 1 aromatic heterocycles. The molecule has 1 rings (SSSR count). The zero-order valence-electron chi connectivity index (χ0n) is 9.92. The van der Waals surface area contributed by atoms with E-state index in [2.05, 4.69) is 18.9 Å². The van der Waals surface area contributed by atoms with Gasteiger partial charge in [0.25, 0.3) is 0 Å². The van der Waals surface area contributed by atoms with Crippen LogP contribution in [0, 0.1) is 5.92 Å². The normalized spacial score (nSPS) is 14.3. The Balaban J connectivity index is 2.91. The van der Waals surface area contributed by atoms with Crippen LogP contribution in [0.25, 0.3) is 0 Å². The van der Waals surface area contributed by atoms with Gasteiger partial charge in [0.2, 0.25) is 0 Å². The highest BCUT2D eigenvalue weighted by molar-refractivity contribution is 7.90. The van der Waals surface area contributed by atoms with Gasteiger partial charge in [-0.05, 0) is 12.3 Å². The Morgan fingerprint density at radius 3 is 2.50 bits per heavy atom. The van der Waals surface area contributed by atoms with Gasteiger partial charge in [-0.15, -0.1) is 0 Å². The summed E-state index contributed by atoms with van der Waals surface area (Å²) in [7, 11) is -3.18. The molecule has 0 aliphatic rings. The Morgan fingerprint density at radius 2 is 2.12 bits per heavy atom. The monoisotopic (exact) mass is 245 g/mol. The van der Waals surface area contributed by atoms with Crippen LogP contribution in [-0.2, 0) is 9.84 Å². The molecule has 1 aromatic rings. The molecule has 0 saturated heterocycles. The summed E-state index contributed by atoms with van der Waals surface area (Å²) in [6, 6.07) is 0.0653. The van der Waals surface area contributed by atoms with E-state index in [1.165, 1.54) is 12.5 Å². The van der Waals surface area contributed by atoms with Crippen molar-refractivity contribution in [2.75, 3.05) is 12.8 Å². The van der Waals surface area contributed by atoms with Crippen LogP contribution in [0.2, 0.25) is 0 Å². The fourth-order valence-electron chi connectivity index (χ4n) is 1.57. The summed E-state index contributed by atoms with van der Waals surface area (Å²) in [4.78, 5) is 0.245. The van der Waals surface area contributed by atoms with Gasteiger partial charge in [-0.25, -0.2) is 8.42 Å². The first kappa shape index (κ1) is 13.2. The van der Waals surface area contributed by atoms with E-state index < -0.39 is 9.84 Å². The van der Waals surface area contributed by atoms with E-state index in [0.717, 1.165) is 6.42 Å². The van der Waals surface area contributed by atoms with Crippen molar-refractivity contribution in [2.24, 2.45) is 11.7 Å². The van der Waals surface area contributed by atoms with E-state index in [9.17, 15) is 8.42 Å². The summed E-state index contributed by atoms with van der Waals surface area (Å²) in [6.45, 7) is 4.66. The van der Waals surface area contributed by atoms with Gasteiger partial charge in [-0.3, -0.25) is 4.68 Å². The fraction of sp³-hybridized carbons (Fsp3) is 0.700. The van der Waals surface area contributed by atoms with Crippen molar-refractivity contribution in [2.45, 2.75) is 31.2 Å². The number of aromatic nitrogens is 2. The van der Waals surface area contributed by atoms with Crippen LogP contribution in [0.15, 0.2) is 17.3 Å². The van der Waals surface area contributed by atoms with E-state index >= 15 is 0 Å². The van der Waals surface area contributed by atoms with Crippen LogP contribution in [0.1, 0.15) is 26.3 Å². The van der Waals surface area contributed by atoms with Crippen LogP contribution in [0.3, 0.4) is 0 Å². The molecule has 1 atom stereocenters. The molecule has 92 valence electrons. The zero-order chi connectivity index (χ0) is 12.3. The molecule has 1 unspecified atom stereocenters. The Morgan fingerprint density at radius 1 is 1.50 bits per heavy atom.